The maximum absolute atomic E-state index is 12.6. The van der Waals surface area contributed by atoms with Gasteiger partial charge in [0, 0.05) is 24.5 Å². The van der Waals surface area contributed by atoms with Crippen molar-refractivity contribution in [2.45, 2.75) is 56.8 Å². The number of aliphatic hydroxyl groups excluding tert-OH is 1. The van der Waals surface area contributed by atoms with E-state index in [-0.39, 0.29) is 24.5 Å². The summed E-state index contributed by atoms with van der Waals surface area (Å²) in [4.78, 5) is 15.0. The highest BCUT2D eigenvalue weighted by atomic mass is 35.5. The minimum Gasteiger partial charge on any atom is -0.388 e. The molecule has 144 valence electrons. The van der Waals surface area contributed by atoms with Gasteiger partial charge in [0.15, 0.2) is 0 Å². The lowest BCUT2D eigenvalue weighted by Gasteiger charge is -2.52. The molecule has 0 aromatic heterocycles. The summed E-state index contributed by atoms with van der Waals surface area (Å²) in [6, 6.07) is 7.27. The van der Waals surface area contributed by atoms with Crippen molar-refractivity contribution in [3.63, 3.8) is 0 Å². The molecule has 2 fully saturated rings. The van der Waals surface area contributed by atoms with E-state index in [2.05, 4.69) is 17.1 Å². The first kappa shape index (κ1) is 19.6. The molecule has 2 saturated heterocycles. The number of rotatable bonds is 4. The molecule has 0 aliphatic carbocycles. The highest BCUT2D eigenvalue weighted by molar-refractivity contribution is 6.30. The number of nitrogens with zero attached hydrogens (tertiary/aromatic N) is 1. The monoisotopic (exact) mass is 380 g/mol. The average Bonchev–Trinajstić information content (AvgIpc) is 2.61. The normalized spacial score (nSPS) is 28.8. The minimum absolute atomic E-state index is 0.0862. The Morgan fingerprint density at radius 3 is 2.62 bits per heavy atom. The molecule has 0 unspecified atom stereocenters. The predicted molar refractivity (Wildman–Crippen MR) is 102 cm³/mol. The first-order valence-corrected chi connectivity index (χ1v) is 9.82. The molecule has 26 heavy (non-hydrogen) atoms. The number of carbonyl (C=O) groups excluding carboxylic acids is 1. The lowest BCUT2D eigenvalue weighted by molar-refractivity contribution is -0.181. The first-order valence-electron chi connectivity index (χ1n) is 9.44. The van der Waals surface area contributed by atoms with Crippen molar-refractivity contribution >= 4 is 17.5 Å². The van der Waals surface area contributed by atoms with Gasteiger partial charge in [-0.3, -0.25) is 4.79 Å². The molecule has 1 amide bonds. The van der Waals surface area contributed by atoms with E-state index in [4.69, 9.17) is 16.3 Å². The molecular weight excluding hydrogens is 352 g/mol. The second-order valence-corrected chi connectivity index (χ2v) is 8.33. The fraction of sp³-hybridized carbons (Fsp3) is 0.650. The Labute approximate surface area is 160 Å². The molecular formula is C20H29ClN2O3. The number of likely N-dealkylation sites (tertiary alicyclic amines) is 1. The van der Waals surface area contributed by atoms with Gasteiger partial charge in [-0.25, -0.2) is 0 Å². The summed E-state index contributed by atoms with van der Waals surface area (Å²) in [5, 5.41) is 14.3. The Kier molecular flexibility index (Phi) is 5.92. The molecule has 1 aromatic rings. The zero-order valence-electron chi connectivity index (χ0n) is 15.6. The third-order valence-electron chi connectivity index (χ3n) is 5.89. The molecule has 2 aliphatic rings. The van der Waals surface area contributed by atoms with Crippen LogP contribution in [0.1, 0.15) is 38.7 Å². The van der Waals surface area contributed by atoms with Gasteiger partial charge in [-0.05, 0) is 44.0 Å². The van der Waals surface area contributed by atoms with Crippen molar-refractivity contribution in [2.24, 2.45) is 0 Å². The number of halogens is 1. The second kappa shape index (κ2) is 7.85. The van der Waals surface area contributed by atoms with Gasteiger partial charge in [-0.2, -0.15) is 0 Å². The number of hydrogen-bond donors (Lipinski definition) is 2. The van der Waals surface area contributed by atoms with E-state index in [1.54, 1.807) is 12.1 Å². The summed E-state index contributed by atoms with van der Waals surface area (Å²) in [6.45, 7) is 7.43. The van der Waals surface area contributed by atoms with Crippen LogP contribution in [0.2, 0.25) is 5.02 Å². The van der Waals surface area contributed by atoms with Gasteiger partial charge in [0.25, 0.3) is 0 Å². The van der Waals surface area contributed by atoms with Crippen LogP contribution in [0, 0.1) is 0 Å². The van der Waals surface area contributed by atoms with E-state index in [1.807, 2.05) is 19.1 Å². The quantitative estimate of drug-likeness (QED) is 0.842. The van der Waals surface area contributed by atoms with E-state index < -0.39 is 11.6 Å². The number of ether oxygens (including phenoxy) is 1. The van der Waals surface area contributed by atoms with Crippen molar-refractivity contribution in [3.8, 4) is 0 Å². The van der Waals surface area contributed by atoms with Crippen LogP contribution in [0.5, 0.6) is 0 Å². The number of aliphatic hydroxyl groups is 1. The molecule has 0 saturated carbocycles. The smallest absolute Gasteiger partial charge is 0.224 e. The Balaban J connectivity index is 1.64. The van der Waals surface area contributed by atoms with Crippen LogP contribution in [0.4, 0.5) is 0 Å². The maximum Gasteiger partial charge on any atom is 0.224 e. The Morgan fingerprint density at radius 2 is 2.00 bits per heavy atom. The standard InChI is InChI=1S/C20H29ClN2O3/c1-3-23-10-8-20(9-11-23)14-19(2,17(24)13-26-20)22-18(25)12-15-4-6-16(21)7-5-15/h4-7,17,24H,3,8-14H2,1-2H3,(H,22,25)/t17-,19-/m1/s1. The molecule has 5 nitrogen and oxygen atoms in total. The fourth-order valence-electron chi connectivity index (χ4n) is 4.15. The van der Waals surface area contributed by atoms with Crippen molar-refractivity contribution in [3.05, 3.63) is 34.9 Å². The number of hydrogen-bond acceptors (Lipinski definition) is 4. The molecule has 6 heteroatoms. The van der Waals surface area contributed by atoms with E-state index in [0.29, 0.717) is 11.4 Å². The van der Waals surface area contributed by atoms with Crippen LogP contribution in [0.25, 0.3) is 0 Å². The van der Waals surface area contributed by atoms with Gasteiger partial charge >= 0.3 is 0 Å². The van der Waals surface area contributed by atoms with Crippen molar-refractivity contribution in [2.75, 3.05) is 26.2 Å². The van der Waals surface area contributed by atoms with Gasteiger partial charge in [0.1, 0.15) is 6.10 Å². The van der Waals surface area contributed by atoms with Crippen LogP contribution in [-0.2, 0) is 16.0 Å². The van der Waals surface area contributed by atoms with Gasteiger partial charge < -0.3 is 20.1 Å². The largest absolute Gasteiger partial charge is 0.388 e. The Morgan fingerprint density at radius 1 is 1.35 bits per heavy atom. The van der Waals surface area contributed by atoms with Crippen molar-refractivity contribution < 1.29 is 14.6 Å². The van der Waals surface area contributed by atoms with Gasteiger partial charge in [-0.1, -0.05) is 30.7 Å². The van der Waals surface area contributed by atoms with Crippen LogP contribution in [0.3, 0.4) is 0 Å². The third-order valence-corrected chi connectivity index (χ3v) is 6.14. The summed E-state index contributed by atoms with van der Waals surface area (Å²) in [5.41, 5.74) is -0.00778. The number of carbonyl (C=O) groups is 1. The van der Waals surface area contributed by atoms with Gasteiger partial charge in [-0.15, -0.1) is 0 Å². The summed E-state index contributed by atoms with van der Waals surface area (Å²) >= 11 is 5.90. The zero-order chi connectivity index (χ0) is 18.8. The molecule has 0 radical (unpaired) electrons. The van der Waals surface area contributed by atoms with Crippen LogP contribution < -0.4 is 5.32 Å². The predicted octanol–water partition coefficient (Wildman–Crippen LogP) is 2.39. The van der Waals surface area contributed by atoms with Crippen molar-refractivity contribution in [1.82, 2.24) is 10.2 Å². The average molecular weight is 381 g/mol. The first-order chi connectivity index (χ1) is 12.3. The van der Waals surface area contributed by atoms with E-state index >= 15 is 0 Å². The second-order valence-electron chi connectivity index (χ2n) is 7.89. The van der Waals surface area contributed by atoms with Crippen LogP contribution in [0.15, 0.2) is 24.3 Å². The Bertz CT molecular complexity index is 628. The van der Waals surface area contributed by atoms with Gasteiger partial charge in [0.2, 0.25) is 5.91 Å². The molecule has 2 atom stereocenters. The SMILES string of the molecule is CCN1CCC2(CC1)C[C@@](C)(NC(=O)Cc1ccc(Cl)cc1)[C@H](O)CO2. The summed E-state index contributed by atoms with van der Waals surface area (Å²) in [5.74, 6) is -0.0862. The topological polar surface area (TPSA) is 61.8 Å². The fourth-order valence-corrected chi connectivity index (χ4v) is 4.28. The number of benzene rings is 1. The number of amides is 1. The lowest BCUT2D eigenvalue weighted by Crippen LogP contribution is -2.65. The molecule has 1 aromatic carbocycles. The van der Waals surface area contributed by atoms with Crippen LogP contribution in [-0.4, -0.2) is 59.4 Å². The van der Waals surface area contributed by atoms with E-state index in [1.165, 1.54) is 0 Å². The third kappa shape index (κ3) is 4.39. The van der Waals surface area contributed by atoms with Gasteiger partial charge in [0.05, 0.1) is 24.2 Å². The van der Waals surface area contributed by atoms with Crippen LogP contribution >= 0.6 is 11.6 Å². The lowest BCUT2D eigenvalue weighted by atomic mass is 9.74. The maximum atomic E-state index is 12.6. The summed E-state index contributed by atoms with van der Waals surface area (Å²) in [7, 11) is 0. The molecule has 1 spiro atoms. The molecule has 2 N–H and O–H groups in total. The molecule has 2 aliphatic heterocycles. The zero-order valence-corrected chi connectivity index (χ0v) is 16.4. The minimum atomic E-state index is -0.702. The summed E-state index contributed by atoms with van der Waals surface area (Å²) < 4.78 is 6.08. The van der Waals surface area contributed by atoms with E-state index in [0.717, 1.165) is 38.0 Å². The van der Waals surface area contributed by atoms with E-state index in [9.17, 15) is 9.90 Å². The number of piperidine rings is 1. The highest BCUT2D eigenvalue weighted by Crippen LogP contribution is 2.39. The molecule has 3 rings (SSSR count). The van der Waals surface area contributed by atoms with Crippen molar-refractivity contribution in [1.29, 1.82) is 0 Å². The molecule has 2 heterocycles. The summed E-state index contributed by atoms with van der Waals surface area (Å²) in [6.07, 6.45) is 2.10. The number of nitrogens with one attached hydrogen (secondary N) is 1. The molecule has 0 bridgehead atoms. The highest BCUT2D eigenvalue weighted by Gasteiger charge is 2.49. The Hall–Kier alpha value is -1.14.